The van der Waals surface area contributed by atoms with E-state index in [1.807, 2.05) is 20.8 Å². The quantitative estimate of drug-likeness (QED) is 0.644. The molecule has 0 aromatic carbocycles. The van der Waals surface area contributed by atoms with Crippen molar-refractivity contribution in [2.45, 2.75) is 32.4 Å². The molecule has 2 aliphatic heterocycles. The lowest BCUT2D eigenvalue weighted by Gasteiger charge is -2.38. The van der Waals surface area contributed by atoms with Crippen LogP contribution in [-0.2, 0) is 4.74 Å². The second-order valence-corrected chi connectivity index (χ2v) is 5.47. The SMILES string of the molecule is CC(C)(C)OC(=O)N1CCN2C(N)=NCC2C1.I. The average molecular weight is 368 g/mol. The molecule has 1 unspecified atom stereocenters. The van der Waals surface area contributed by atoms with Crippen LogP contribution in [-0.4, -0.2) is 59.7 Å². The summed E-state index contributed by atoms with van der Waals surface area (Å²) >= 11 is 0. The monoisotopic (exact) mass is 368 g/mol. The predicted octanol–water partition coefficient (Wildman–Crippen LogP) is 0.854. The molecule has 2 rings (SSSR count). The van der Waals surface area contributed by atoms with Gasteiger partial charge in [0.2, 0.25) is 0 Å². The van der Waals surface area contributed by atoms with E-state index in [4.69, 9.17) is 10.5 Å². The minimum absolute atomic E-state index is 0. The van der Waals surface area contributed by atoms with Crippen LogP contribution in [0.1, 0.15) is 20.8 Å². The van der Waals surface area contributed by atoms with Gasteiger partial charge in [0.05, 0.1) is 12.6 Å². The van der Waals surface area contributed by atoms with E-state index in [1.54, 1.807) is 4.90 Å². The Labute approximate surface area is 125 Å². The number of hydrogen-bond acceptors (Lipinski definition) is 5. The molecule has 6 nitrogen and oxygen atoms in total. The summed E-state index contributed by atoms with van der Waals surface area (Å²) in [6.07, 6.45) is -0.248. The van der Waals surface area contributed by atoms with E-state index in [9.17, 15) is 4.79 Å². The van der Waals surface area contributed by atoms with Crippen molar-refractivity contribution in [1.82, 2.24) is 9.80 Å². The molecule has 104 valence electrons. The molecule has 0 spiro atoms. The van der Waals surface area contributed by atoms with Crippen molar-refractivity contribution >= 4 is 36.0 Å². The summed E-state index contributed by atoms with van der Waals surface area (Å²) in [5.41, 5.74) is 5.31. The molecule has 1 fully saturated rings. The van der Waals surface area contributed by atoms with Crippen molar-refractivity contribution < 1.29 is 9.53 Å². The summed E-state index contributed by atoms with van der Waals surface area (Å²) in [6.45, 7) is 8.30. The number of nitrogens with zero attached hydrogens (tertiary/aromatic N) is 3. The van der Waals surface area contributed by atoms with Gasteiger partial charge in [0.1, 0.15) is 5.60 Å². The number of aliphatic imine (C=N–C) groups is 1. The number of rotatable bonds is 0. The number of carbonyl (C=O) groups is 1. The molecule has 18 heavy (non-hydrogen) atoms. The molecule has 0 aromatic heterocycles. The van der Waals surface area contributed by atoms with Crippen LogP contribution in [0.3, 0.4) is 0 Å². The average Bonchev–Trinajstić information content (AvgIpc) is 2.57. The fourth-order valence-electron chi connectivity index (χ4n) is 2.10. The Hall–Kier alpha value is -0.730. The first-order valence-corrected chi connectivity index (χ1v) is 5.91. The smallest absolute Gasteiger partial charge is 0.410 e. The molecule has 0 radical (unpaired) electrons. The summed E-state index contributed by atoms with van der Waals surface area (Å²) in [5, 5.41) is 0. The highest BCUT2D eigenvalue weighted by atomic mass is 127. The third kappa shape index (κ3) is 3.39. The molecule has 0 bridgehead atoms. The normalized spacial score (nSPS) is 23.1. The van der Waals surface area contributed by atoms with E-state index in [0.717, 1.165) is 6.54 Å². The van der Waals surface area contributed by atoms with Gasteiger partial charge in [0, 0.05) is 19.6 Å². The van der Waals surface area contributed by atoms with Gasteiger partial charge in [0.25, 0.3) is 0 Å². The maximum Gasteiger partial charge on any atom is 0.410 e. The maximum absolute atomic E-state index is 11.9. The van der Waals surface area contributed by atoms with Gasteiger partial charge in [-0.2, -0.15) is 0 Å². The van der Waals surface area contributed by atoms with E-state index < -0.39 is 5.60 Å². The maximum atomic E-state index is 11.9. The molecule has 2 aliphatic rings. The second-order valence-electron chi connectivity index (χ2n) is 5.47. The van der Waals surface area contributed by atoms with Gasteiger partial charge < -0.3 is 20.3 Å². The molecule has 0 aliphatic carbocycles. The Morgan fingerprint density at radius 2 is 2.11 bits per heavy atom. The first-order valence-electron chi connectivity index (χ1n) is 5.91. The molecule has 1 amide bonds. The number of piperazine rings is 1. The van der Waals surface area contributed by atoms with E-state index in [1.165, 1.54) is 0 Å². The minimum Gasteiger partial charge on any atom is -0.444 e. The summed E-state index contributed by atoms with van der Waals surface area (Å²) in [5.74, 6) is 0.596. The zero-order valence-corrected chi connectivity index (χ0v) is 13.4. The number of ether oxygens (including phenoxy) is 1. The molecule has 1 saturated heterocycles. The molecule has 0 saturated carbocycles. The number of hydrogen-bond donors (Lipinski definition) is 1. The van der Waals surface area contributed by atoms with Crippen LogP contribution in [0, 0.1) is 0 Å². The third-order valence-corrected chi connectivity index (χ3v) is 2.89. The van der Waals surface area contributed by atoms with Crippen molar-refractivity contribution in [1.29, 1.82) is 0 Å². The van der Waals surface area contributed by atoms with Gasteiger partial charge >= 0.3 is 6.09 Å². The zero-order valence-electron chi connectivity index (χ0n) is 11.0. The standard InChI is InChI=1S/C11H20N4O2.HI/c1-11(2,3)17-10(16)14-4-5-15-8(7-14)6-13-9(15)12;/h8H,4-7H2,1-3H3,(H2,12,13);1H. The molecular weight excluding hydrogens is 347 g/mol. The van der Waals surface area contributed by atoms with Crippen molar-refractivity contribution in [2.75, 3.05) is 26.2 Å². The number of halogens is 1. The van der Waals surface area contributed by atoms with Crippen LogP contribution in [0.25, 0.3) is 0 Å². The Bertz CT molecular complexity index is 353. The lowest BCUT2D eigenvalue weighted by Crippen LogP contribution is -2.56. The van der Waals surface area contributed by atoms with Crippen LogP contribution >= 0.6 is 24.0 Å². The molecule has 7 heteroatoms. The first kappa shape index (κ1) is 15.3. The van der Waals surface area contributed by atoms with E-state index in [2.05, 4.69) is 9.89 Å². The topological polar surface area (TPSA) is 71.2 Å². The summed E-state index contributed by atoms with van der Waals surface area (Å²) in [4.78, 5) is 19.9. The first-order chi connectivity index (χ1) is 7.87. The summed E-state index contributed by atoms with van der Waals surface area (Å²) < 4.78 is 5.35. The largest absolute Gasteiger partial charge is 0.444 e. The summed E-state index contributed by atoms with van der Waals surface area (Å²) in [6, 6.07) is 0.219. The number of carbonyl (C=O) groups excluding carboxylic acids is 1. The Kier molecular flexibility index (Phi) is 4.68. The third-order valence-electron chi connectivity index (χ3n) is 2.89. The lowest BCUT2D eigenvalue weighted by atomic mass is 10.2. The Morgan fingerprint density at radius 3 is 2.72 bits per heavy atom. The van der Waals surface area contributed by atoms with Gasteiger partial charge in [-0.1, -0.05) is 0 Å². The van der Waals surface area contributed by atoms with Crippen LogP contribution in [0.5, 0.6) is 0 Å². The molecule has 0 aromatic rings. The van der Waals surface area contributed by atoms with Gasteiger partial charge in [-0.3, -0.25) is 4.99 Å². The number of amides is 1. The van der Waals surface area contributed by atoms with Gasteiger partial charge in [0.15, 0.2) is 5.96 Å². The van der Waals surface area contributed by atoms with Crippen LogP contribution < -0.4 is 5.73 Å². The van der Waals surface area contributed by atoms with Crippen LogP contribution in [0.15, 0.2) is 4.99 Å². The van der Waals surface area contributed by atoms with Crippen molar-refractivity contribution in [3.8, 4) is 0 Å². The lowest BCUT2D eigenvalue weighted by molar-refractivity contribution is 0.0139. The van der Waals surface area contributed by atoms with Gasteiger partial charge in [-0.25, -0.2) is 4.79 Å². The van der Waals surface area contributed by atoms with Gasteiger partial charge in [-0.05, 0) is 20.8 Å². The molecule has 1 atom stereocenters. The van der Waals surface area contributed by atoms with E-state index in [0.29, 0.717) is 25.6 Å². The second kappa shape index (κ2) is 5.50. The Morgan fingerprint density at radius 1 is 1.44 bits per heavy atom. The fourth-order valence-corrected chi connectivity index (χ4v) is 2.10. The van der Waals surface area contributed by atoms with Crippen molar-refractivity contribution in [3.63, 3.8) is 0 Å². The fraction of sp³-hybridized carbons (Fsp3) is 0.818. The van der Waals surface area contributed by atoms with E-state index >= 15 is 0 Å². The minimum atomic E-state index is -0.445. The molecule has 2 heterocycles. The molecule has 2 N–H and O–H groups in total. The van der Waals surface area contributed by atoms with Crippen molar-refractivity contribution in [3.05, 3.63) is 0 Å². The van der Waals surface area contributed by atoms with Crippen LogP contribution in [0.2, 0.25) is 0 Å². The molecular formula is C11H21IN4O2. The highest BCUT2D eigenvalue weighted by Gasteiger charge is 2.35. The summed E-state index contributed by atoms with van der Waals surface area (Å²) in [7, 11) is 0. The number of nitrogens with two attached hydrogens (primary N) is 1. The predicted molar refractivity (Wildman–Crippen MR) is 80.2 cm³/mol. The highest BCUT2D eigenvalue weighted by molar-refractivity contribution is 14.0. The zero-order chi connectivity index (χ0) is 12.6. The van der Waals surface area contributed by atoms with Gasteiger partial charge in [-0.15, -0.1) is 24.0 Å². The van der Waals surface area contributed by atoms with Crippen molar-refractivity contribution in [2.24, 2.45) is 10.7 Å². The Balaban J connectivity index is 0.00000162. The highest BCUT2D eigenvalue weighted by Crippen LogP contribution is 2.17. The number of fused-ring (bicyclic) bond motifs is 1. The number of guanidine groups is 1. The van der Waals surface area contributed by atoms with Crippen LogP contribution in [0.4, 0.5) is 4.79 Å². The van der Waals surface area contributed by atoms with E-state index in [-0.39, 0.29) is 36.1 Å².